The number of nitrogens with zero attached hydrogens (tertiary/aromatic N) is 1. The lowest BCUT2D eigenvalue weighted by Crippen LogP contribution is -1.98. The van der Waals surface area contributed by atoms with Crippen LogP contribution in [0.15, 0.2) is 29.6 Å². The van der Waals surface area contributed by atoms with Gasteiger partial charge >= 0.3 is 7.60 Å². The number of aryl methyl sites for hydroxylation is 1. The van der Waals surface area contributed by atoms with Gasteiger partial charge in [-0.05, 0) is 32.9 Å². The Balaban J connectivity index is 2.58. The summed E-state index contributed by atoms with van der Waals surface area (Å²) in [6.07, 6.45) is 1.60. The second kappa shape index (κ2) is 6.93. The number of hydrogen-bond donors (Lipinski definition) is 1. The van der Waals surface area contributed by atoms with Crippen molar-refractivity contribution in [2.24, 2.45) is 0 Å². The largest absolute Gasteiger partial charge is 0.371 e. The van der Waals surface area contributed by atoms with E-state index in [9.17, 15) is 9.83 Å². The molecule has 2 aromatic rings. The molecule has 2 rings (SSSR count). The maximum absolute atomic E-state index is 12.8. The van der Waals surface area contributed by atoms with E-state index in [0.29, 0.717) is 0 Å². The molecule has 1 N–H and O–H groups in total. The highest BCUT2D eigenvalue weighted by Gasteiger charge is 2.30. The van der Waals surface area contributed by atoms with Gasteiger partial charge in [0.15, 0.2) is 0 Å². The van der Waals surface area contributed by atoms with Gasteiger partial charge in [0, 0.05) is 22.2 Å². The Morgan fingerprint density at radius 1 is 1.32 bits per heavy atom. The second-order valence-electron chi connectivity index (χ2n) is 4.68. The number of aromatic nitrogens is 1. The quantitative estimate of drug-likeness (QED) is 0.623. The molecule has 116 valence electrons. The van der Waals surface area contributed by atoms with Gasteiger partial charge in [-0.25, -0.2) is 0 Å². The van der Waals surface area contributed by atoms with Crippen molar-refractivity contribution < 1.29 is 13.6 Å². The molecule has 0 atom stereocenters. The molecule has 0 saturated heterocycles. The van der Waals surface area contributed by atoms with E-state index < -0.39 is 7.60 Å². The first-order valence-corrected chi connectivity index (χ1v) is 8.68. The van der Waals surface area contributed by atoms with Crippen LogP contribution in [0, 0.1) is 18.3 Å². The number of aromatic amines is 1. The molecule has 0 saturated carbocycles. The third kappa shape index (κ3) is 3.15. The maximum Gasteiger partial charge on any atom is 0.371 e. The first kappa shape index (κ1) is 16.5. The zero-order chi connectivity index (χ0) is 16.2. The van der Waals surface area contributed by atoms with Gasteiger partial charge in [-0.2, -0.15) is 5.26 Å². The van der Waals surface area contributed by atoms with E-state index in [4.69, 9.17) is 9.05 Å². The Hall–Kier alpha value is -1.86. The van der Waals surface area contributed by atoms with Crippen LogP contribution in [0.5, 0.6) is 0 Å². The molecule has 0 aliphatic heterocycles. The highest BCUT2D eigenvalue weighted by molar-refractivity contribution is 7.59. The summed E-state index contributed by atoms with van der Waals surface area (Å²) in [5.74, 6) is 0. The van der Waals surface area contributed by atoms with Crippen LogP contribution in [-0.2, 0) is 13.6 Å². The average Bonchev–Trinajstić information content (AvgIpc) is 2.80. The van der Waals surface area contributed by atoms with E-state index in [1.165, 1.54) is 0 Å². The Kier molecular flexibility index (Phi) is 5.20. The van der Waals surface area contributed by atoms with Crippen molar-refractivity contribution in [1.82, 2.24) is 4.98 Å². The van der Waals surface area contributed by atoms with E-state index >= 15 is 0 Å². The summed E-state index contributed by atoms with van der Waals surface area (Å²) in [6.45, 7) is 5.77. The summed E-state index contributed by atoms with van der Waals surface area (Å²) in [5, 5.41) is 10.4. The Morgan fingerprint density at radius 2 is 1.95 bits per heavy atom. The predicted octanol–water partition coefficient (Wildman–Crippen LogP) is 4.61. The normalized spacial score (nSPS) is 12.5. The molecule has 1 heterocycles. The number of nitrogens with one attached hydrogen (secondary N) is 1. The molecule has 1 aromatic carbocycles. The Labute approximate surface area is 130 Å². The van der Waals surface area contributed by atoms with E-state index in [1.54, 1.807) is 19.9 Å². The van der Waals surface area contributed by atoms with E-state index in [0.717, 1.165) is 22.2 Å². The molecular weight excluding hydrogens is 299 g/mol. The lowest BCUT2D eigenvalue weighted by atomic mass is 10.1. The molecule has 5 nitrogen and oxygen atoms in total. The van der Waals surface area contributed by atoms with Gasteiger partial charge in [-0.3, -0.25) is 4.57 Å². The lowest BCUT2D eigenvalue weighted by Gasteiger charge is -2.15. The highest BCUT2D eigenvalue weighted by Crippen LogP contribution is 2.56. The van der Waals surface area contributed by atoms with E-state index in [1.807, 2.05) is 37.3 Å². The average molecular weight is 318 g/mol. The molecule has 6 heteroatoms. The Morgan fingerprint density at radius 3 is 2.55 bits per heavy atom. The van der Waals surface area contributed by atoms with Crippen LogP contribution in [0.2, 0.25) is 0 Å². The number of H-pyrrole nitrogens is 1. The molecule has 0 aliphatic rings. The second-order valence-corrected chi connectivity index (χ2v) is 6.68. The molecule has 22 heavy (non-hydrogen) atoms. The van der Waals surface area contributed by atoms with Gasteiger partial charge < -0.3 is 14.0 Å². The summed E-state index contributed by atoms with van der Waals surface area (Å²) >= 11 is 0. The molecule has 0 radical (unpaired) electrons. The Bertz CT molecular complexity index is 776. The van der Waals surface area contributed by atoms with Crippen LogP contribution in [-0.4, -0.2) is 18.2 Å². The SMILES string of the molecule is CCOP(=O)(OCC)/C(C#N)=C\c1c(C)[nH]c2ccccc12. The highest BCUT2D eigenvalue weighted by atomic mass is 31.2. The van der Waals surface area contributed by atoms with Gasteiger partial charge in [0.1, 0.15) is 11.4 Å². The van der Waals surface area contributed by atoms with Crippen LogP contribution in [0.4, 0.5) is 0 Å². The van der Waals surface area contributed by atoms with Crippen LogP contribution >= 0.6 is 7.60 Å². The summed E-state index contributed by atoms with van der Waals surface area (Å²) in [5.41, 5.74) is 2.69. The maximum atomic E-state index is 12.8. The molecule has 0 amide bonds. The van der Waals surface area contributed by atoms with Gasteiger partial charge in [0.25, 0.3) is 0 Å². The number of allylic oxidation sites excluding steroid dienone is 1. The van der Waals surface area contributed by atoms with Crippen molar-refractivity contribution in [3.8, 4) is 6.07 Å². The summed E-state index contributed by atoms with van der Waals surface area (Å²) in [7, 11) is -3.58. The molecule has 1 aromatic heterocycles. The molecule has 0 unspecified atom stereocenters. The fourth-order valence-corrected chi connectivity index (χ4v) is 3.75. The van der Waals surface area contributed by atoms with Crippen molar-refractivity contribution in [3.63, 3.8) is 0 Å². The van der Waals surface area contributed by atoms with Crippen LogP contribution < -0.4 is 0 Å². The van der Waals surface area contributed by atoms with Crippen molar-refractivity contribution in [2.45, 2.75) is 20.8 Å². The summed E-state index contributed by atoms with van der Waals surface area (Å²) in [4.78, 5) is 3.25. The van der Waals surface area contributed by atoms with Gasteiger partial charge in [-0.1, -0.05) is 18.2 Å². The van der Waals surface area contributed by atoms with Crippen LogP contribution in [0.3, 0.4) is 0 Å². The minimum absolute atomic E-state index is 0.0176. The van der Waals surface area contributed by atoms with Crippen molar-refractivity contribution >= 4 is 24.6 Å². The number of benzene rings is 1. The van der Waals surface area contributed by atoms with Crippen molar-refractivity contribution in [3.05, 3.63) is 40.8 Å². The fraction of sp³-hybridized carbons (Fsp3) is 0.312. The first-order chi connectivity index (χ1) is 10.6. The lowest BCUT2D eigenvalue weighted by molar-refractivity contribution is 0.227. The third-order valence-corrected chi connectivity index (χ3v) is 5.25. The van der Waals surface area contributed by atoms with E-state index in [-0.39, 0.29) is 18.5 Å². The summed E-state index contributed by atoms with van der Waals surface area (Å²) < 4.78 is 23.3. The number of para-hydroxylation sites is 1. The monoisotopic (exact) mass is 318 g/mol. The molecule has 0 aliphatic carbocycles. The van der Waals surface area contributed by atoms with Gasteiger partial charge in [-0.15, -0.1) is 0 Å². The molecule has 0 spiro atoms. The number of nitriles is 1. The minimum atomic E-state index is -3.58. The number of rotatable bonds is 6. The molecule has 0 bridgehead atoms. The minimum Gasteiger partial charge on any atom is -0.358 e. The fourth-order valence-electron chi connectivity index (χ4n) is 2.31. The molecular formula is C16H19N2O3P. The van der Waals surface area contributed by atoms with Crippen molar-refractivity contribution in [1.29, 1.82) is 5.26 Å². The zero-order valence-corrected chi connectivity index (χ0v) is 13.8. The van der Waals surface area contributed by atoms with Crippen molar-refractivity contribution in [2.75, 3.05) is 13.2 Å². The zero-order valence-electron chi connectivity index (χ0n) is 12.9. The van der Waals surface area contributed by atoms with Crippen LogP contribution in [0.1, 0.15) is 25.1 Å². The molecule has 0 fully saturated rings. The van der Waals surface area contributed by atoms with E-state index in [2.05, 4.69) is 4.98 Å². The third-order valence-electron chi connectivity index (χ3n) is 3.23. The topological polar surface area (TPSA) is 75.1 Å². The standard InChI is InChI=1S/C16H19N2O3P/c1-4-20-22(19,21-5-2)13(11-17)10-15-12(3)18-16-9-7-6-8-14(15)16/h6-10,18H,4-5H2,1-3H3/b13-10-. The smallest absolute Gasteiger partial charge is 0.358 e. The predicted molar refractivity (Wildman–Crippen MR) is 87.5 cm³/mol. The van der Waals surface area contributed by atoms with Gasteiger partial charge in [0.05, 0.1) is 13.2 Å². The summed E-state index contributed by atoms with van der Waals surface area (Å²) in [6, 6.07) is 9.73. The number of hydrogen-bond acceptors (Lipinski definition) is 4. The first-order valence-electron chi connectivity index (χ1n) is 7.14. The van der Waals surface area contributed by atoms with Gasteiger partial charge in [0.2, 0.25) is 0 Å². The van der Waals surface area contributed by atoms with Crippen LogP contribution in [0.25, 0.3) is 17.0 Å². The number of fused-ring (bicyclic) bond motifs is 1.